The van der Waals surface area contributed by atoms with Gasteiger partial charge < -0.3 is 24.9 Å². The van der Waals surface area contributed by atoms with Crippen molar-refractivity contribution < 1.29 is 33.8 Å². The van der Waals surface area contributed by atoms with E-state index in [-0.39, 0.29) is 5.56 Å². The number of hydrogen-bond donors (Lipinski definition) is 5. The van der Waals surface area contributed by atoms with Gasteiger partial charge >= 0.3 is 15.1 Å². The first-order chi connectivity index (χ1) is 8.52. The van der Waals surface area contributed by atoms with Crippen LogP contribution in [0.5, 0.6) is 0 Å². The van der Waals surface area contributed by atoms with Crippen LogP contribution in [0.4, 0.5) is 0 Å². The van der Waals surface area contributed by atoms with Crippen molar-refractivity contribution in [2.24, 2.45) is 0 Å². The van der Waals surface area contributed by atoms with Crippen molar-refractivity contribution in [3.05, 3.63) is 35.3 Å². The van der Waals surface area contributed by atoms with E-state index < -0.39 is 31.5 Å². The van der Waals surface area contributed by atoms with E-state index in [1.807, 2.05) is 0 Å². The fourth-order valence-corrected chi connectivity index (χ4v) is 4.54. The maximum atomic E-state index is 11.8. The second kappa shape index (κ2) is 5.40. The number of pyridine rings is 1. The highest BCUT2D eigenvalue weighted by molar-refractivity contribution is 7.71. The molecular weight excluding hydrogens is 298 g/mol. The van der Waals surface area contributed by atoms with Gasteiger partial charge in [0.05, 0.1) is 7.05 Å². The maximum Gasteiger partial charge on any atom is 0.421 e. The second-order valence-corrected chi connectivity index (χ2v) is 8.65. The Hall–Kier alpha value is -0.630. The third-order valence-corrected chi connectivity index (χ3v) is 7.21. The van der Waals surface area contributed by atoms with E-state index in [2.05, 4.69) is 4.98 Å². The Balaban J connectivity index is 3.31. The molecule has 3 unspecified atom stereocenters. The quantitative estimate of drug-likeness (QED) is 0.330. The minimum atomic E-state index is -5.43. The van der Waals surface area contributed by atoms with E-state index in [4.69, 9.17) is 9.79 Å². The molecule has 0 aliphatic carbocycles. The van der Waals surface area contributed by atoms with E-state index in [9.17, 15) is 24.3 Å². The molecule has 0 amide bonds. The molecule has 9 nitrogen and oxygen atoms in total. The van der Waals surface area contributed by atoms with Gasteiger partial charge in [-0.1, -0.05) is 6.07 Å². The first-order valence-corrected chi connectivity index (χ1v) is 8.30. The molecule has 108 valence electrons. The van der Waals surface area contributed by atoms with E-state index in [1.165, 1.54) is 24.5 Å². The topological polar surface area (TPSA) is 155 Å². The van der Waals surface area contributed by atoms with Crippen molar-refractivity contribution in [3.63, 3.8) is 0 Å². The van der Waals surface area contributed by atoms with Crippen LogP contribution in [0.25, 0.3) is 0 Å². The normalized spacial score (nSPS) is 20.3. The van der Waals surface area contributed by atoms with Crippen molar-refractivity contribution >= 4 is 15.1 Å². The molecule has 1 heterocycles. The Kier molecular flexibility index (Phi) is 4.66. The van der Waals surface area contributed by atoms with Gasteiger partial charge in [0.1, 0.15) is 0 Å². The third-order valence-electron chi connectivity index (χ3n) is 2.54. The van der Waals surface area contributed by atoms with Gasteiger partial charge in [-0.05, 0) is 11.6 Å². The number of nitrogens with one attached hydrogen (secondary N) is 1. The lowest BCUT2D eigenvalue weighted by Gasteiger charge is -2.35. The second-order valence-electron chi connectivity index (χ2n) is 3.95. The smallest absolute Gasteiger partial charge is 0.421 e. The Bertz CT molecular complexity index is 531. The van der Waals surface area contributed by atoms with Crippen molar-refractivity contribution in [1.82, 2.24) is 4.98 Å². The van der Waals surface area contributed by atoms with Crippen LogP contribution in [0.1, 0.15) is 5.56 Å². The van der Waals surface area contributed by atoms with Gasteiger partial charge in [0, 0.05) is 18.8 Å². The van der Waals surface area contributed by atoms with E-state index in [0.29, 0.717) is 7.05 Å². The SMILES string of the molecule is C[NH+]([O-])P(=O)(O)C(O)(Cc1cccnc1)P(=O)(O)O. The van der Waals surface area contributed by atoms with Gasteiger partial charge in [0.25, 0.3) is 5.08 Å². The zero-order valence-corrected chi connectivity index (χ0v) is 11.7. The van der Waals surface area contributed by atoms with Crippen LogP contribution in [0.15, 0.2) is 24.5 Å². The van der Waals surface area contributed by atoms with Gasteiger partial charge in [-0.15, -0.1) is 0 Å². The fourth-order valence-electron chi connectivity index (χ4n) is 1.42. The maximum absolute atomic E-state index is 11.8. The summed E-state index contributed by atoms with van der Waals surface area (Å²) < 4.78 is 23.2. The van der Waals surface area contributed by atoms with Gasteiger partial charge in [0.2, 0.25) is 0 Å². The number of aliphatic hydroxyl groups is 1. The van der Waals surface area contributed by atoms with Crippen molar-refractivity contribution in [3.8, 4) is 0 Å². The van der Waals surface area contributed by atoms with Gasteiger partial charge in [-0.3, -0.25) is 14.4 Å². The van der Waals surface area contributed by atoms with Gasteiger partial charge in [0.15, 0.2) is 0 Å². The first-order valence-electron chi connectivity index (χ1n) is 5.03. The standard InChI is InChI=1S/C8H14N2O7P2/c1-10(12)18(13,14)8(11,19(15,16)17)5-7-3-2-4-9-6-7/h2-4,6,10-11H,5H2,1H3,(H,13,14)(H2,15,16,17). The van der Waals surface area contributed by atoms with Crippen molar-refractivity contribution in [2.45, 2.75) is 11.5 Å². The minimum absolute atomic E-state index is 0.115. The summed E-state index contributed by atoms with van der Waals surface area (Å²) in [6, 6.07) is 2.78. The van der Waals surface area contributed by atoms with E-state index >= 15 is 0 Å². The summed E-state index contributed by atoms with van der Waals surface area (Å²) in [6.45, 7) is 0. The molecule has 0 radical (unpaired) electrons. The average molecular weight is 312 g/mol. The molecule has 1 rings (SSSR count). The molecule has 1 aromatic heterocycles. The molecule has 1 aromatic rings. The summed E-state index contributed by atoms with van der Waals surface area (Å²) in [5, 5.41) is 17.7. The molecule has 11 heteroatoms. The van der Waals surface area contributed by atoms with Gasteiger partial charge in [-0.2, -0.15) is 0 Å². The van der Waals surface area contributed by atoms with Crippen LogP contribution in [0.2, 0.25) is 0 Å². The van der Waals surface area contributed by atoms with E-state index in [1.54, 1.807) is 0 Å². The molecule has 3 atom stereocenters. The Morgan fingerprint density at radius 2 is 2.00 bits per heavy atom. The molecule has 0 spiro atoms. The molecule has 0 aliphatic heterocycles. The molecule has 0 bridgehead atoms. The lowest BCUT2D eigenvalue weighted by atomic mass is 10.2. The molecule has 0 aliphatic rings. The zero-order valence-electron chi connectivity index (χ0n) is 9.87. The van der Waals surface area contributed by atoms with Crippen LogP contribution in [-0.2, 0) is 15.6 Å². The molecule has 0 aromatic carbocycles. The third kappa shape index (κ3) is 3.10. The molecule has 0 fully saturated rings. The summed E-state index contributed by atoms with van der Waals surface area (Å²) in [4.78, 5) is 30.1. The van der Waals surface area contributed by atoms with E-state index in [0.717, 1.165) is 0 Å². The number of hydroxylamine groups is 1. The highest BCUT2D eigenvalue weighted by Crippen LogP contribution is 2.66. The average Bonchev–Trinajstić information content (AvgIpc) is 2.28. The lowest BCUT2D eigenvalue weighted by Crippen LogP contribution is -3.00. The number of nitrogens with zero attached hydrogens (tertiary/aromatic N) is 1. The monoisotopic (exact) mass is 312 g/mol. The summed E-state index contributed by atoms with van der Waals surface area (Å²) in [6.07, 6.45) is 1.68. The van der Waals surface area contributed by atoms with Crippen LogP contribution < -0.4 is 4.83 Å². The highest BCUT2D eigenvalue weighted by Gasteiger charge is 2.63. The Morgan fingerprint density at radius 1 is 1.42 bits per heavy atom. The molecule has 19 heavy (non-hydrogen) atoms. The predicted molar refractivity (Wildman–Crippen MR) is 65.0 cm³/mol. The fraction of sp³-hybridized carbons (Fsp3) is 0.375. The summed E-state index contributed by atoms with van der Waals surface area (Å²) in [5.74, 6) is 0. The lowest BCUT2D eigenvalue weighted by molar-refractivity contribution is -0.698. The molecular formula is C8H14N2O7P2. The number of aromatic nitrogens is 1. The van der Waals surface area contributed by atoms with Crippen molar-refractivity contribution in [1.29, 1.82) is 0 Å². The summed E-state index contributed by atoms with van der Waals surface area (Å²) in [5.41, 5.74) is 0.115. The van der Waals surface area contributed by atoms with Crippen LogP contribution >= 0.6 is 15.1 Å². The minimum Gasteiger partial charge on any atom is -0.630 e. The van der Waals surface area contributed by atoms with Gasteiger partial charge in [-0.25, -0.2) is 4.57 Å². The first kappa shape index (κ1) is 16.4. The Labute approximate surface area is 108 Å². The van der Waals surface area contributed by atoms with Crippen LogP contribution in [-0.4, -0.2) is 36.9 Å². The van der Waals surface area contributed by atoms with Crippen LogP contribution in [0.3, 0.4) is 0 Å². The Morgan fingerprint density at radius 3 is 2.37 bits per heavy atom. The van der Waals surface area contributed by atoms with Crippen LogP contribution in [0, 0.1) is 5.21 Å². The largest absolute Gasteiger partial charge is 0.630 e. The molecule has 5 N–H and O–H groups in total. The highest BCUT2D eigenvalue weighted by atomic mass is 31.2. The van der Waals surface area contributed by atoms with Crippen molar-refractivity contribution in [2.75, 3.05) is 7.05 Å². The number of rotatable bonds is 5. The summed E-state index contributed by atoms with van der Waals surface area (Å²) >= 11 is 0. The zero-order chi connectivity index (χ0) is 14.9. The predicted octanol–water partition coefficient (Wildman–Crippen LogP) is -1.35. The number of quaternary nitrogens is 1. The number of hydrogen-bond acceptors (Lipinski definition) is 5. The summed E-state index contributed by atoms with van der Waals surface area (Å²) in [7, 11) is -9.90. The molecule has 0 saturated heterocycles. The molecule has 0 saturated carbocycles.